The first-order valence-electron chi connectivity index (χ1n) is 7.25. The molecule has 5 nitrogen and oxygen atoms in total. The van der Waals surface area contributed by atoms with E-state index >= 15 is 0 Å². The summed E-state index contributed by atoms with van der Waals surface area (Å²) in [4.78, 5) is 14.0. The van der Waals surface area contributed by atoms with Gasteiger partial charge >= 0.3 is 6.36 Å². The average Bonchev–Trinajstić information content (AvgIpc) is 2.38. The van der Waals surface area contributed by atoms with E-state index in [2.05, 4.69) is 10.1 Å². The molecular formula is C15H19F3N2O3. The van der Waals surface area contributed by atoms with Crippen LogP contribution in [0.25, 0.3) is 0 Å². The number of anilines is 1. The maximum Gasteiger partial charge on any atom is 0.573 e. The zero-order valence-corrected chi connectivity index (χ0v) is 12.9. The number of amides is 1. The van der Waals surface area contributed by atoms with Crippen molar-refractivity contribution >= 4 is 11.6 Å². The van der Waals surface area contributed by atoms with E-state index in [4.69, 9.17) is 4.74 Å². The maximum atomic E-state index is 12.1. The summed E-state index contributed by atoms with van der Waals surface area (Å²) < 4.78 is 45.6. The molecule has 1 aliphatic heterocycles. The molecule has 2 rings (SSSR count). The molecule has 128 valence electrons. The molecule has 0 aromatic heterocycles. The molecule has 1 aromatic rings. The Bertz CT molecular complexity index is 524. The van der Waals surface area contributed by atoms with E-state index in [1.165, 1.54) is 12.1 Å². The van der Waals surface area contributed by atoms with Crippen LogP contribution in [0.2, 0.25) is 0 Å². The van der Waals surface area contributed by atoms with E-state index in [0.29, 0.717) is 18.8 Å². The van der Waals surface area contributed by atoms with Gasteiger partial charge in [0, 0.05) is 18.8 Å². The summed E-state index contributed by atoms with van der Waals surface area (Å²) in [6.45, 7) is 5.42. The summed E-state index contributed by atoms with van der Waals surface area (Å²) in [6.07, 6.45) is -4.61. The Labute approximate surface area is 132 Å². The summed E-state index contributed by atoms with van der Waals surface area (Å²) in [6, 6.07) is 5.04. The SMILES string of the molecule is C[C@@H]1CN(CC(=O)Nc2ccc(OC(F)(F)F)cc2)C[C@@H](C)O1. The summed E-state index contributed by atoms with van der Waals surface area (Å²) in [5.41, 5.74) is 0.416. The molecule has 1 N–H and O–H groups in total. The molecule has 8 heteroatoms. The van der Waals surface area contributed by atoms with Crippen molar-refractivity contribution in [3.8, 4) is 5.75 Å². The van der Waals surface area contributed by atoms with Crippen LogP contribution in [-0.2, 0) is 9.53 Å². The van der Waals surface area contributed by atoms with Crippen molar-refractivity contribution in [3.05, 3.63) is 24.3 Å². The number of morpholine rings is 1. The zero-order valence-electron chi connectivity index (χ0n) is 12.9. The van der Waals surface area contributed by atoms with Crippen LogP contribution in [0.1, 0.15) is 13.8 Å². The normalized spacial score (nSPS) is 22.7. The lowest BCUT2D eigenvalue weighted by Gasteiger charge is -2.34. The van der Waals surface area contributed by atoms with Crippen LogP contribution in [0.3, 0.4) is 0 Å². The number of hydrogen-bond acceptors (Lipinski definition) is 4. The highest BCUT2D eigenvalue weighted by molar-refractivity contribution is 5.92. The Balaban J connectivity index is 1.85. The fourth-order valence-corrected chi connectivity index (χ4v) is 2.56. The Kier molecular flexibility index (Phi) is 5.48. The third-order valence-corrected chi connectivity index (χ3v) is 3.23. The zero-order chi connectivity index (χ0) is 17.0. The number of benzene rings is 1. The summed E-state index contributed by atoms with van der Waals surface area (Å²) >= 11 is 0. The topological polar surface area (TPSA) is 50.8 Å². The second-order valence-electron chi connectivity index (χ2n) is 5.57. The molecule has 1 amide bonds. The fraction of sp³-hybridized carbons (Fsp3) is 0.533. The van der Waals surface area contributed by atoms with Gasteiger partial charge in [-0.25, -0.2) is 0 Å². The predicted octanol–water partition coefficient (Wildman–Crippen LogP) is 2.63. The molecule has 1 aliphatic rings. The number of alkyl halides is 3. The van der Waals surface area contributed by atoms with Crippen molar-refractivity contribution in [2.75, 3.05) is 25.0 Å². The Hall–Kier alpha value is -1.80. The van der Waals surface area contributed by atoms with E-state index in [1.54, 1.807) is 0 Å². The average molecular weight is 332 g/mol. The number of hydrogen-bond donors (Lipinski definition) is 1. The van der Waals surface area contributed by atoms with Gasteiger partial charge in [0.1, 0.15) is 5.75 Å². The summed E-state index contributed by atoms with van der Waals surface area (Å²) in [5, 5.41) is 2.65. The second-order valence-corrected chi connectivity index (χ2v) is 5.57. The first-order valence-corrected chi connectivity index (χ1v) is 7.25. The van der Waals surface area contributed by atoms with E-state index in [0.717, 1.165) is 12.1 Å². The first-order chi connectivity index (χ1) is 10.7. The number of nitrogens with zero attached hydrogens (tertiary/aromatic N) is 1. The molecule has 1 saturated heterocycles. The molecule has 0 bridgehead atoms. The van der Waals surface area contributed by atoms with Crippen molar-refractivity contribution in [3.63, 3.8) is 0 Å². The molecule has 1 fully saturated rings. The van der Waals surface area contributed by atoms with Gasteiger partial charge in [-0.05, 0) is 38.1 Å². The summed E-state index contributed by atoms with van der Waals surface area (Å²) in [7, 11) is 0. The molecule has 2 atom stereocenters. The number of carbonyl (C=O) groups is 1. The molecule has 1 heterocycles. The largest absolute Gasteiger partial charge is 0.573 e. The van der Waals surface area contributed by atoms with Crippen LogP contribution in [0.15, 0.2) is 24.3 Å². The monoisotopic (exact) mass is 332 g/mol. The third-order valence-electron chi connectivity index (χ3n) is 3.23. The highest BCUT2D eigenvalue weighted by Crippen LogP contribution is 2.24. The number of halogens is 3. The lowest BCUT2D eigenvalue weighted by molar-refractivity contribution is -0.274. The van der Waals surface area contributed by atoms with Gasteiger partial charge in [0.25, 0.3) is 0 Å². The number of ether oxygens (including phenoxy) is 2. The molecule has 0 radical (unpaired) electrons. The smallest absolute Gasteiger partial charge is 0.406 e. The Morgan fingerprint density at radius 3 is 2.35 bits per heavy atom. The minimum Gasteiger partial charge on any atom is -0.406 e. The summed E-state index contributed by atoms with van der Waals surface area (Å²) in [5.74, 6) is -0.554. The maximum absolute atomic E-state index is 12.1. The number of rotatable bonds is 4. The minimum absolute atomic E-state index is 0.0605. The van der Waals surface area contributed by atoms with Gasteiger partial charge in [0.05, 0.1) is 18.8 Å². The van der Waals surface area contributed by atoms with Crippen LogP contribution in [0.5, 0.6) is 5.75 Å². The Morgan fingerprint density at radius 2 is 1.83 bits per heavy atom. The quantitative estimate of drug-likeness (QED) is 0.921. The standard InChI is InChI=1S/C15H19F3N2O3/c1-10-7-20(8-11(2)22-10)9-14(21)19-12-3-5-13(6-4-12)23-15(16,17)18/h3-6,10-11H,7-9H2,1-2H3,(H,19,21)/t10-,11-/m1/s1. The lowest BCUT2D eigenvalue weighted by atomic mass is 10.2. The van der Waals surface area contributed by atoms with Crippen LogP contribution in [0.4, 0.5) is 18.9 Å². The van der Waals surface area contributed by atoms with Crippen LogP contribution in [0, 0.1) is 0 Å². The van der Waals surface area contributed by atoms with Crippen LogP contribution < -0.4 is 10.1 Å². The fourth-order valence-electron chi connectivity index (χ4n) is 2.56. The molecule has 23 heavy (non-hydrogen) atoms. The van der Waals surface area contributed by atoms with Gasteiger partial charge in [-0.15, -0.1) is 13.2 Å². The van der Waals surface area contributed by atoms with Crippen molar-refractivity contribution in [2.45, 2.75) is 32.4 Å². The number of carbonyl (C=O) groups excluding carboxylic acids is 1. The van der Waals surface area contributed by atoms with Crippen molar-refractivity contribution in [2.24, 2.45) is 0 Å². The van der Waals surface area contributed by atoms with E-state index in [9.17, 15) is 18.0 Å². The van der Waals surface area contributed by atoms with E-state index < -0.39 is 6.36 Å². The second kappa shape index (κ2) is 7.18. The number of nitrogens with one attached hydrogen (secondary N) is 1. The predicted molar refractivity (Wildman–Crippen MR) is 78.2 cm³/mol. The highest BCUT2D eigenvalue weighted by atomic mass is 19.4. The third kappa shape index (κ3) is 6.07. The first kappa shape index (κ1) is 17.6. The van der Waals surface area contributed by atoms with Crippen molar-refractivity contribution in [1.29, 1.82) is 0 Å². The van der Waals surface area contributed by atoms with Gasteiger partial charge in [-0.2, -0.15) is 0 Å². The van der Waals surface area contributed by atoms with E-state index in [1.807, 2.05) is 18.7 Å². The molecule has 0 unspecified atom stereocenters. The van der Waals surface area contributed by atoms with Gasteiger partial charge in [0.2, 0.25) is 5.91 Å². The van der Waals surface area contributed by atoms with Gasteiger partial charge in [-0.3, -0.25) is 9.69 Å². The molecular weight excluding hydrogens is 313 g/mol. The van der Waals surface area contributed by atoms with Crippen LogP contribution >= 0.6 is 0 Å². The van der Waals surface area contributed by atoms with E-state index in [-0.39, 0.29) is 30.4 Å². The van der Waals surface area contributed by atoms with Crippen molar-refractivity contribution in [1.82, 2.24) is 4.90 Å². The van der Waals surface area contributed by atoms with Crippen molar-refractivity contribution < 1.29 is 27.4 Å². The minimum atomic E-state index is -4.73. The Morgan fingerprint density at radius 1 is 1.26 bits per heavy atom. The molecule has 0 aliphatic carbocycles. The van der Waals surface area contributed by atoms with Crippen LogP contribution in [-0.4, -0.2) is 49.0 Å². The molecule has 1 aromatic carbocycles. The highest BCUT2D eigenvalue weighted by Gasteiger charge is 2.31. The molecule has 0 saturated carbocycles. The van der Waals surface area contributed by atoms with Gasteiger partial charge in [0.15, 0.2) is 0 Å². The molecule has 0 spiro atoms. The van der Waals surface area contributed by atoms with Gasteiger partial charge < -0.3 is 14.8 Å². The van der Waals surface area contributed by atoms with Gasteiger partial charge in [-0.1, -0.05) is 0 Å². The lowest BCUT2D eigenvalue weighted by Crippen LogP contribution is -2.48.